The summed E-state index contributed by atoms with van der Waals surface area (Å²) < 4.78 is 47.0. The Morgan fingerprint density at radius 1 is 1.26 bits per heavy atom. The molecule has 2 N–H and O–H groups in total. The zero-order chi connectivity index (χ0) is 24.6. The summed E-state index contributed by atoms with van der Waals surface area (Å²) in [6.07, 6.45) is -3.93. The van der Waals surface area contributed by atoms with E-state index in [-0.39, 0.29) is 23.0 Å². The van der Waals surface area contributed by atoms with Gasteiger partial charge in [0.15, 0.2) is 5.82 Å². The number of anilines is 1. The second-order valence-electron chi connectivity index (χ2n) is 8.15. The zero-order valence-electron chi connectivity index (χ0n) is 18.3. The van der Waals surface area contributed by atoms with Gasteiger partial charge in [-0.25, -0.2) is 4.68 Å². The Balaban J connectivity index is 1.73. The number of fused-ring (bicyclic) bond motifs is 1. The number of aromatic nitrogens is 2. The van der Waals surface area contributed by atoms with Crippen molar-refractivity contribution < 1.29 is 22.8 Å². The van der Waals surface area contributed by atoms with Crippen LogP contribution in [0.5, 0.6) is 5.75 Å². The normalized spacial score (nSPS) is 17.0. The van der Waals surface area contributed by atoms with Gasteiger partial charge >= 0.3 is 6.18 Å². The number of nitro benzene ring substituents is 1. The van der Waals surface area contributed by atoms with Crippen LogP contribution >= 0.6 is 0 Å². The van der Waals surface area contributed by atoms with Crippen molar-refractivity contribution in [2.24, 2.45) is 7.05 Å². The lowest BCUT2D eigenvalue weighted by atomic mass is 10.0. The van der Waals surface area contributed by atoms with Crippen LogP contribution in [0, 0.1) is 10.1 Å². The summed E-state index contributed by atoms with van der Waals surface area (Å²) in [6, 6.07) is 6.60. The van der Waals surface area contributed by atoms with Crippen molar-refractivity contribution >= 4 is 22.3 Å². The van der Waals surface area contributed by atoms with E-state index in [9.17, 15) is 28.1 Å². The van der Waals surface area contributed by atoms with E-state index >= 15 is 0 Å². The number of benzene rings is 2. The number of aryl methyl sites for hydroxylation is 1. The highest BCUT2D eigenvalue weighted by Gasteiger charge is 2.33. The first-order valence-electron chi connectivity index (χ1n) is 10.5. The number of ether oxygens (including phenoxy) is 1. The minimum Gasteiger partial charge on any atom is -0.489 e. The quantitative estimate of drug-likeness (QED) is 0.411. The highest BCUT2D eigenvalue weighted by molar-refractivity contribution is 5.92. The smallest absolute Gasteiger partial charge is 0.416 e. The van der Waals surface area contributed by atoms with Gasteiger partial charge in [0.05, 0.1) is 21.9 Å². The summed E-state index contributed by atoms with van der Waals surface area (Å²) in [4.78, 5) is 22.9. The Kier molecular flexibility index (Phi) is 6.17. The number of nitrogens with zero attached hydrogens (tertiary/aromatic N) is 3. The maximum Gasteiger partial charge on any atom is 0.416 e. The van der Waals surface area contributed by atoms with Gasteiger partial charge in [-0.1, -0.05) is 0 Å². The molecule has 1 aromatic heterocycles. The fourth-order valence-corrected chi connectivity index (χ4v) is 3.87. The van der Waals surface area contributed by atoms with Gasteiger partial charge in [-0.3, -0.25) is 14.9 Å². The molecule has 1 aliphatic heterocycles. The number of nitro groups is 1. The molecule has 0 aliphatic carbocycles. The third-order valence-corrected chi connectivity index (χ3v) is 5.67. The number of alkyl halides is 3. The Morgan fingerprint density at radius 2 is 2.03 bits per heavy atom. The van der Waals surface area contributed by atoms with Crippen molar-refractivity contribution in [3.8, 4) is 5.75 Å². The number of hydrogen-bond donors (Lipinski definition) is 2. The molecular formula is C22H22F3N5O4. The number of hydrogen-bond acceptors (Lipinski definition) is 7. The van der Waals surface area contributed by atoms with Crippen LogP contribution in [0.4, 0.5) is 24.7 Å². The van der Waals surface area contributed by atoms with E-state index in [1.54, 1.807) is 25.1 Å². The van der Waals surface area contributed by atoms with E-state index < -0.39 is 28.4 Å². The molecule has 12 heteroatoms. The third kappa shape index (κ3) is 4.81. The molecular weight excluding hydrogens is 455 g/mol. The largest absolute Gasteiger partial charge is 0.489 e. The van der Waals surface area contributed by atoms with Gasteiger partial charge in [0.2, 0.25) is 0 Å². The van der Waals surface area contributed by atoms with Crippen LogP contribution in [0.15, 0.2) is 41.2 Å². The average molecular weight is 477 g/mol. The molecule has 180 valence electrons. The van der Waals surface area contributed by atoms with Gasteiger partial charge in [-0.15, -0.1) is 0 Å². The van der Waals surface area contributed by atoms with Crippen molar-refractivity contribution in [2.45, 2.75) is 31.7 Å². The molecule has 1 aliphatic rings. The number of halogens is 3. The first-order valence-corrected chi connectivity index (χ1v) is 10.5. The molecule has 9 nitrogen and oxygen atoms in total. The standard InChI is InChI=1S/C22H22F3N5O4/c1-12(13-7-14(22(23,24)25)9-15(8-13)30(32)33)27-20-19-10-16(34-17-5-6-26-11-17)3-4-18(19)21(31)29(2)28-20/h3-4,7-10,12,17,26H,5-6,11H2,1-2H3,(H,27,28)/t12-,17+/m1/s1. The molecule has 1 saturated heterocycles. The molecule has 0 spiro atoms. The summed E-state index contributed by atoms with van der Waals surface area (Å²) in [6.45, 7) is 3.10. The molecule has 0 amide bonds. The van der Waals surface area contributed by atoms with Crippen molar-refractivity contribution in [2.75, 3.05) is 18.4 Å². The SMILES string of the molecule is C[C@@H](Nc1nn(C)c(=O)c2ccc(O[C@H]3CCNC3)cc12)c1cc([N+](=O)[O-])cc(C(F)(F)F)c1. The van der Waals surface area contributed by atoms with Gasteiger partial charge in [0.25, 0.3) is 11.2 Å². The molecule has 34 heavy (non-hydrogen) atoms. The van der Waals surface area contributed by atoms with Gasteiger partial charge in [0, 0.05) is 31.1 Å². The number of non-ortho nitro benzene ring substituents is 1. The van der Waals surface area contributed by atoms with Crippen LogP contribution in [-0.2, 0) is 13.2 Å². The van der Waals surface area contributed by atoms with Crippen molar-refractivity contribution in [3.05, 3.63) is 68.0 Å². The molecule has 0 unspecified atom stereocenters. The van der Waals surface area contributed by atoms with E-state index in [0.29, 0.717) is 29.1 Å². The number of rotatable bonds is 6. The van der Waals surface area contributed by atoms with E-state index in [4.69, 9.17) is 4.74 Å². The Morgan fingerprint density at radius 3 is 2.68 bits per heavy atom. The molecule has 2 atom stereocenters. The highest BCUT2D eigenvalue weighted by Crippen LogP contribution is 2.35. The molecule has 2 aromatic carbocycles. The summed E-state index contributed by atoms with van der Waals surface area (Å²) >= 11 is 0. The van der Waals surface area contributed by atoms with Crippen molar-refractivity contribution in [1.82, 2.24) is 15.1 Å². The first kappa shape index (κ1) is 23.5. The molecule has 0 saturated carbocycles. The lowest BCUT2D eigenvalue weighted by molar-refractivity contribution is -0.385. The predicted octanol–water partition coefficient (Wildman–Crippen LogP) is 3.77. The van der Waals surface area contributed by atoms with Crippen molar-refractivity contribution in [3.63, 3.8) is 0 Å². The predicted molar refractivity (Wildman–Crippen MR) is 119 cm³/mol. The molecule has 4 rings (SSSR count). The van der Waals surface area contributed by atoms with Crippen LogP contribution in [0.25, 0.3) is 10.8 Å². The number of nitrogens with one attached hydrogen (secondary N) is 2. The second kappa shape index (κ2) is 8.93. The summed E-state index contributed by atoms with van der Waals surface area (Å²) in [5.74, 6) is 0.765. The molecule has 0 bridgehead atoms. The topological polar surface area (TPSA) is 111 Å². The van der Waals surface area contributed by atoms with Crippen molar-refractivity contribution in [1.29, 1.82) is 0 Å². The lowest BCUT2D eigenvalue weighted by Crippen LogP contribution is -2.23. The van der Waals surface area contributed by atoms with Gasteiger partial charge in [-0.05, 0) is 49.7 Å². The average Bonchev–Trinajstić information content (AvgIpc) is 3.29. The first-order chi connectivity index (χ1) is 16.0. The summed E-state index contributed by atoms with van der Waals surface area (Å²) in [7, 11) is 1.46. The molecule has 0 radical (unpaired) electrons. The lowest BCUT2D eigenvalue weighted by Gasteiger charge is -2.19. The second-order valence-corrected chi connectivity index (χ2v) is 8.15. The maximum atomic E-state index is 13.3. The third-order valence-electron chi connectivity index (χ3n) is 5.67. The fourth-order valence-electron chi connectivity index (χ4n) is 3.87. The van der Waals surface area contributed by atoms with Crippen LogP contribution < -0.4 is 20.9 Å². The fraction of sp³-hybridized carbons (Fsp3) is 0.364. The zero-order valence-corrected chi connectivity index (χ0v) is 18.3. The van der Waals surface area contributed by atoms with E-state index in [0.717, 1.165) is 29.8 Å². The van der Waals surface area contributed by atoms with E-state index in [2.05, 4.69) is 15.7 Å². The Hall–Kier alpha value is -3.67. The van der Waals surface area contributed by atoms with E-state index in [1.807, 2.05) is 0 Å². The Bertz CT molecular complexity index is 1300. The monoisotopic (exact) mass is 477 g/mol. The van der Waals surface area contributed by atoms with Gasteiger partial charge < -0.3 is 15.4 Å². The molecule has 2 heterocycles. The van der Waals surface area contributed by atoms with Crippen LogP contribution in [-0.4, -0.2) is 33.9 Å². The Labute approximate surface area is 191 Å². The molecule has 1 fully saturated rings. The highest BCUT2D eigenvalue weighted by atomic mass is 19.4. The summed E-state index contributed by atoms with van der Waals surface area (Å²) in [5.41, 5.74) is -2.09. The maximum absolute atomic E-state index is 13.3. The van der Waals surface area contributed by atoms with E-state index in [1.165, 1.54) is 7.05 Å². The van der Waals surface area contributed by atoms with Crippen LogP contribution in [0.3, 0.4) is 0 Å². The summed E-state index contributed by atoms with van der Waals surface area (Å²) in [5, 5.41) is 22.4. The minimum atomic E-state index is -4.75. The van der Waals surface area contributed by atoms with Crippen LogP contribution in [0.1, 0.15) is 30.5 Å². The van der Waals surface area contributed by atoms with Crippen LogP contribution in [0.2, 0.25) is 0 Å². The van der Waals surface area contributed by atoms with Gasteiger partial charge in [0.1, 0.15) is 11.9 Å². The molecule has 3 aromatic rings. The van der Waals surface area contributed by atoms with Gasteiger partial charge in [-0.2, -0.15) is 18.3 Å². The minimum absolute atomic E-state index is 0.0158.